The zero-order valence-corrected chi connectivity index (χ0v) is 19.8. The SMILES string of the molecule is CC(C)C[C@H](N)C(=O)N[C@@H](Cc1ccc(O)cc1)C(=O)N[C@@H](Cc1c[nH]c2ccccc12)C(=O)O. The van der Waals surface area contributed by atoms with E-state index in [1.54, 1.807) is 18.3 Å². The lowest BCUT2D eigenvalue weighted by molar-refractivity contribution is -0.142. The molecular formula is C26H32N4O5. The van der Waals surface area contributed by atoms with Gasteiger partial charge in [0.1, 0.15) is 17.8 Å². The molecule has 35 heavy (non-hydrogen) atoms. The van der Waals surface area contributed by atoms with Crippen LogP contribution in [0.25, 0.3) is 10.9 Å². The number of nitrogens with two attached hydrogens (primary N) is 1. The Kier molecular flexibility index (Phi) is 8.48. The summed E-state index contributed by atoms with van der Waals surface area (Å²) >= 11 is 0. The van der Waals surface area contributed by atoms with Crippen LogP contribution in [0.3, 0.4) is 0 Å². The Hall–Kier alpha value is -3.85. The summed E-state index contributed by atoms with van der Waals surface area (Å²) in [5.41, 5.74) is 8.31. The molecule has 186 valence electrons. The van der Waals surface area contributed by atoms with Crippen LogP contribution in [0.15, 0.2) is 54.7 Å². The third kappa shape index (κ3) is 7.07. The first-order valence-electron chi connectivity index (χ1n) is 11.6. The summed E-state index contributed by atoms with van der Waals surface area (Å²) in [6.45, 7) is 3.88. The van der Waals surface area contributed by atoms with E-state index in [9.17, 15) is 24.6 Å². The van der Waals surface area contributed by atoms with Gasteiger partial charge in [0, 0.05) is 29.9 Å². The second kappa shape index (κ2) is 11.5. The number of rotatable bonds is 11. The van der Waals surface area contributed by atoms with Crippen LogP contribution in [0.1, 0.15) is 31.4 Å². The maximum atomic E-state index is 13.2. The van der Waals surface area contributed by atoms with E-state index in [0.29, 0.717) is 12.0 Å². The van der Waals surface area contributed by atoms with Gasteiger partial charge < -0.3 is 31.6 Å². The topological polar surface area (TPSA) is 158 Å². The fourth-order valence-electron chi connectivity index (χ4n) is 3.96. The molecule has 9 heteroatoms. The molecular weight excluding hydrogens is 448 g/mol. The summed E-state index contributed by atoms with van der Waals surface area (Å²) in [6.07, 6.45) is 2.34. The number of aromatic nitrogens is 1. The summed E-state index contributed by atoms with van der Waals surface area (Å²) in [6, 6.07) is 10.7. The Labute approximate surface area is 203 Å². The van der Waals surface area contributed by atoms with Gasteiger partial charge in [-0.15, -0.1) is 0 Å². The number of carbonyl (C=O) groups is 3. The molecule has 2 amide bonds. The van der Waals surface area contributed by atoms with Crippen molar-refractivity contribution >= 4 is 28.7 Å². The number of phenols is 1. The number of carboxylic acid groups (broad SMARTS) is 1. The fraction of sp³-hybridized carbons (Fsp3) is 0.346. The largest absolute Gasteiger partial charge is 0.508 e. The lowest BCUT2D eigenvalue weighted by Gasteiger charge is -2.23. The van der Waals surface area contributed by atoms with Crippen molar-refractivity contribution in [3.63, 3.8) is 0 Å². The molecule has 0 radical (unpaired) electrons. The maximum absolute atomic E-state index is 13.2. The summed E-state index contributed by atoms with van der Waals surface area (Å²) in [4.78, 5) is 41.0. The summed E-state index contributed by atoms with van der Waals surface area (Å²) < 4.78 is 0. The molecule has 7 N–H and O–H groups in total. The van der Waals surface area contributed by atoms with Crippen molar-refractivity contribution in [1.29, 1.82) is 0 Å². The Morgan fingerprint density at radius 1 is 0.943 bits per heavy atom. The van der Waals surface area contributed by atoms with Gasteiger partial charge in [-0.3, -0.25) is 9.59 Å². The van der Waals surface area contributed by atoms with Crippen molar-refractivity contribution in [2.45, 2.75) is 51.2 Å². The average Bonchev–Trinajstić information content (AvgIpc) is 3.21. The molecule has 0 saturated heterocycles. The Morgan fingerprint density at radius 2 is 1.60 bits per heavy atom. The number of aromatic amines is 1. The number of aliphatic carboxylic acids is 1. The fourth-order valence-corrected chi connectivity index (χ4v) is 3.96. The molecule has 2 aromatic carbocycles. The number of hydrogen-bond donors (Lipinski definition) is 6. The number of amides is 2. The van der Waals surface area contributed by atoms with E-state index in [1.165, 1.54) is 12.1 Å². The van der Waals surface area contributed by atoms with E-state index in [-0.39, 0.29) is 24.5 Å². The van der Waals surface area contributed by atoms with Gasteiger partial charge in [-0.05, 0) is 41.7 Å². The molecule has 3 aromatic rings. The van der Waals surface area contributed by atoms with Crippen molar-refractivity contribution in [1.82, 2.24) is 15.6 Å². The number of para-hydroxylation sites is 1. The summed E-state index contributed by atoms with van der Waals surface area (Å²) in [5.74, 6) is -2.04. The molecule has 0 saturated carbocycles. The third-order valence-corrected chi connectivity index (χ3v) is 5.78. The van der Waals surface area contributed by atoms with Gasteiger partial charge in [-0.1, -0.05) is 44.2 Å². The Bertz CT molecular complexity index is 1170. The van der Waals surface area contributed by atoms with E-state index < -0.39 is 35.9 Å². The first kappa shape index (κ1) is 25.8. The van der Waals surface area contributed by atoms with Crippen LogP contribution in [0.4, 0.5) is 0 Å². The molecule has 3 atom stereocenters. The molecule has 0 bridgehead atoms. The van der Waals surface area contributed by atoms with E-state index in [0.717, 1.165) is 16.5 Å². The monoisotopic (exact) mass is 480 g/mol. The molecule has 3 rings (SSSR count). The molecule has 0 spiro atoms. The van der Waals surface area contributed by atoms with Crippen molar-refractivity contribution in [3.05, 3.63) is 65.9 Å². The van der Waals surface area contributed by atoms with Crippen molar-refractivity contribution in [3.8, 4) is 5.75 Å². The van der Waals surface area contributed by atoms with Crippen LogP contribution >= 0.6 is 0 Å². The lowest BCUT2D eigenvalue weighted by Crippen LogP contribution is -2.55. The van der Waals surface area contributed by atoms with Gasteiger partial charge in [0.25, 0.3) is 0 Å². The molecule has 0 unspecified atom stereocenters. The first-order chi connectivity index (χ1) is 16.6. The number of aromatic hydroxyl groups is 1. The van der Waals surface area contributed by atoms with Gasteiger partial charge >= 0.3 is 5.97 Å². The van der Waals surface area contributed by atoms with E-state index in [1.807, 2.05) is 38.1 Å². The number of hydrogen-bond acceptors (Lipinski definition) is 5. The van der Waals surface area contributed by atoms with Crippen molar-refractivity contribution < 1.29 is 24.6 Å². The average molecular weight is 481 g/mol. The number of H-pyrrole nitrogens is 1. The number of carboxylic acids is 1. The van der Waals surface area contributed by atoms with Crippen LogP contribution < -0.4 is 16.4 Å². The predicted octanol–water partition coefficient (Wildman–Crippen LogP) is 2.09. The van der Waals surface area contributed by atoms with Gasteiger partial charge in [-0.25, -0.2) is 4.79 Å². The first-order valence-corrected chi connectivity index (χ1v) is 11.6. The number of nitrogens with one attached hydrogen (secondary N) is 3. The van der Waals surface area contributed by atoms with E-state index in [2.05, 4.69) is 15.6 Å². The predicted molar refractivity (Wildman–Crippen MR) is 133 cm³/mol. The maximum Gasteiger partial charge on any atom is 0.326 e. The summed E-state index contributed by atoms with van der Waals surface area (Å²) in [5, 5.41) is 25.5. The molecule has 0 aliphatic rings. The second-order valence-corrected chi connectivity index (χ2v) is 9.13. The number of fused-ring (bicyclic) bond motifs is 1. The highest BCUT2D eigenvalue weighted by molar-refractivity contribution is 5.92. The third-order valence-electron chi connectivity index (χ3n) is 5.78. The van der Waals surface area contributed by atoms with Crippen LogP contribution in [0, 0.1) is 5.92 Å². The smallest absolute Gasteiger partial charge is 0.326 e. The van der Waals surface area contributed by atoms with Crippen molar-refractivity contribution in [2.24, 2.45) is 11.7 Å². The molecule has 0 fully saturated rings. The molecule has 1 heterocycles. The second-order valence-electron chi connectivity index (χ2n) is 9.13. The standard InChI is InChI=1S/C26H32N4O5/c1-15(2)11-20(27)24(32)29-22(12-16-7-9-18(31)10-8-16)25(33)30-23(26(34)35)13-17-14-28-21-6-4-3-5-19(17)21/h3-10,14-15,20,22-23,28,31H,11-13,27H2,1-2H3,(H,29,32)(H,30,33)(H,34,35)/t20-,22-,23-/m0/s1. The van der Waals surface area contributed by atoms with Gasteiger partial charge in [0.05, 0.1) is 6.04 Å². The normalized spacial score (nSPS) is 13.8. The minimum atomic E-state index is -1.20. The van der Waals surface area contributed by atoms with Crippen LogP contribution in [0.2, 0.25) is 0 Å². The van der Waals surface area contributed by atoms with E-state index in [4.69, 9.17) is 5.73 Å². The van der Waals surface area contributed by atoms with Crippen LogP contribution in [-0.4, -0.2) is 51.1 Å². The Balaban J connectivity index is 1.78. The quantitative estimate of drug-likeness (QED) is 0.247. The minimum absolute atomic E-state index is 0.0673. The summed E-state index contributed by atoms with van der Waals surface area (Å²) in [7, 11) is 0. The van der Waals surface area contributed by atoms with Gasteiger partial charge in [0.15, 0.2) is 0 Å². The Morgan fingerprint density at radius 3 is 2.26 bits per heavy atom. The van der Waals surface area contributed by atoms with Crippen molar-refractivity contribution in [2.75, 3.05) is 0 Å². The van der Waals surface area contributed by atoms with Gasteiger partial charge in [-0.2, -0.15) is 0 Å². The molecule has 0 aliphatic carbocycles. The minimum Gasteiger partial charge on any atom is -0.508 e. The van der Waals surface area contributed by atoms with Crippen LogP contribution in [0.5, 0.6) is 5.75 Å². The number of carbonyl (C=O) groups excluding carboxylic acids is 2. The highest BCUT2D eigenvalue weighted by Crippen LogP contribution is 2.19. The molecule has 1 aromatic heterocycles. The molecule has 9 nitrogen and oxygen atoms in total. The zero-order chi connectivity index (χ0) is 25.5. The number of benzene rings is 2. The zero-order valence-electron chi connectivity index (χ0n) is 19.8. The van der Waals surface area contributed by atoms with Gasteiger partial charge in [0.2, 0.25) is 11.8 Å². The highest BCUT2D eigenvalue weighted by atomic mass is 16.4. The van der Waals surface area contributed by atoms with Crippen LogP contribution in [-0.2, 0) is 27.2 Å². The van der Waals surface area contributed by atoms with E-state index >= 15 is 0 Å². The highest BCUT2D eigenvalue weighted by Gasteiger charge is 2.29. The number of phenolic OH excluding ortho intramolecular Hbond substituents is 1. The lowest BCUT2D eigenvalue weighted by atomic mass is 10.0. The molecule has 0 aliphatic heterocycles.